The smallest absolute Gasteiger partial charge is 0.480 e. The SMILES string of the molecule is CC(C)COC(=O)Oc1ccc(CC(N)(C[C@H](C)OC(=O)OC(C)C)C(=O)O)cc1OC(=O)OCC(C)C. The first-order valence-corrected chi connectivity index (χ1v) is 12.3. The average molecular weight is 542 g/mol. The molecular formula is C26H39NO11. The average Bonchev–Trinajstić information content (AvgIpc) is 2.77. The molecule has 0 aliphatic heterocycles. The Morgan fingerprint density at radius 3 is 1.82 bits per heavy atom. The van der Waals surface area contributed by atoms with Gasteiger partial charge in [0.05, 0.1) is 19.3 Å². The Bertz CT molecular complexity index is 961. The minimum absolute atomic E-state index is 0.0473. The summed E-state index contributed by atoms with van der Waals surface area (Å²) in [6.07, 6.45) is -4.79. The molecule has 12 nitrogen and oxygen atoms in total. The molecule has 214 valence electrons. The van der Waals surface area contributed by atoms with Crippen molar-refractivity contribution in [2.24, 2.45) is 17.6 Å². The molecule has 0 spiro atoms. The van der Waals surface area contributed by atoms with E-state index in [9.17, 15) is 24.3 Å². The maximum absolute atomic E-state index is 12.2. The first-order valence-electron chi connectivity index (χ1n) is 12.3. The number of carboxylic acids is 1. The monoisotopic (exact) mass is 541 g/mol. The van der Waals surface area contributed by atoms with E-state index in [0.29, 0.717) is 5.56 Å². The van der Waals surface area contributed by atoms with E-state index < -0.39 is 42.2 Å². The second kappa shape index (κ2) is 15.0. The molecule has 1 aromatic rings. The Balaban J connectivity index is 3.15. The number of nitrogens with two attached hydrogens (primary N) is 1. The van der Waals surface area contributed by atoms with Gasteiger partial charge in [0.15, 0.2) is 11.5 Å². The lowest BCUT2D eigenvalue weighted by atomic mass is 9.86. The van der Waals surface area contributed by atoms with Crippen LogP contribution in [0.25, 0.3) is 0 Å². The zero-order valence-corrected chi connectivity index (χ0v) is 23.0. The number of hydrogen-bond donors (Lipinski definition) is 2. The standard InChI is InChI=1S/C26H39NO11/c1-15(2)13-33-23(30)37-20-9-8-19(10-21(20)38-24(31)34-14-16(3)4)12-26(27,22(28)29)11-18(7)36-25(32)35-17(5)6/h8-10,15-18H,11-14,27H2,1-7H3,(H,28,29)/t18-,26?/m0/s1. The summed E-state index contributed by atoms with van der Waals surface area (Å²) in [5.41, 5.74) is 4.67. The third-order valence-corrected chi connectivity index (χ3v) is 4.69. The number of ether oxygens (including phenoxy) is 6. The second-order valence-corrected chi connectivity index (χ2v) is 10.1. The molecule has 1 rings (SSSR count). The lowest BCUT2D eigenvalue weighted by Gasteiger charge is -2.28. The summed E-state index contributed by atoms with van der Waals surface area (Å²) in [5.74, 6) is -1.57. The van der Waals surface area contributed by atoms with E-state index in [1.54, 1.807) is 13.8 Å². The molecule has 2 atom stereocenters. The molecule has 0 aliphatic carbocycles. The van der Waals surface area contributed by atoms with Gasteiger partial charge in [-0.3, -0.25) is 4.79 Å². The summed E-state index contributed by atoms with van der Waals surface area (Å²) in [5, 5.41) is 9.85. The van der Waals surface area contributed by atoms with Gasteiger partial charge in [0.1, 0.15) is 11.6 Å². The largest absolute Gasteiger partial charge is 0.513 e. The fourth-order valence-corrected chi connectivity index (χ4v) is 3.07. The highest BCUT2D eigenvalue weighted by Gasteiger charge is 2.37. The van der Waals surface area contributed by atoms with Gasteiger partial charge in [0, 0.05) is 12.8 Å². The molecule has 0 amide bonds. The molecule has 0 aromatic heterocycles. The van der Waals surface area contributed by atoms with Crippen LogP contribution in [-0.4, -0.2) is 60.5 Å². The molecule has 0 saturated heterocycles. The van der Waals surface area contributed by atoms with Crippen molar-refractivity contribution in [3.63, 3.8) is 0 Å². The van der Waals surface area contributed by atoms with Gasteiger partial charge in [-0.05, 0) is 50.3 Å². The van der Waals surface area contributed by atoms with Crippen LogP contribution in [0.1, 0.15) is 60.5 Å². The molecule has 1 aromatic carbocycles. The third kappa shape index (κ3) is 12.1. The molecule has 12 heteroatoms. The number of carbonyl (C=O) groups excluding carboxylic acids is 3. The van der Waals surface area contributed by atoms with Crippen molar-refractivity contribution in [2.75, 3.05) is 13.2 Å². The Hall–Kier alpha value is -3.54. The van der Waals surface area contributed by atoms with Gasteiger partial charge < -0.3 is 39.3 Å². The van der Waals surface area contributed by atoms with E-state index >= 15 is 0 Å². The summed E-state index contributed by atoms with van der Waals surface area (Å²) in [6, 6.07) is 4.09. The summed E-state index contributed by atoms with van der Waals surface area (Å²) in [4.78, 5) is 48.2. The molecule has 1 unspecified atom stereocenters. The van der Waals surface area contributed by atoms with Crippen LogP contribution >= 0.6 is 0 Å². The Morgan fingerprint density at radius 1 is 0.816 bits per heavy atom. The predicted molar refractivity (Wildman–Crippen MR) is 135 cm³/mol. The van der Waals surface area contributed by atoms with E-state index in [0.717, 1.165) is 0 Å². The number of rotatable bonds is 13. The minimum atomic E-state index is -1.87. The Labute approximate surface area is 222 Å². The lowest BCUT2D eigenvalue weighted by Crippen LogP contribution is -2.52. The molecular weight excluding hydrogens is 502 g/mol. The number of hydrogen-bond acceptors (Lipinski definition) is 11. The van der Waals surface area contributed by atoms with Gasteiger partial charge in [-0.25, -0.2) is 14.4 Å². The summed E-state index contributed by atoms with van der Waals surface area (Å²) >= 11 is 0. The van der Waals surface area contributed by atoms with Crippen LogP contribution < -0.4 is 15.2 Å². The number of aliphatic carboxylic acids is 1. The molecule has 0 fully saturated rings. The van der Waals surface area contributed by atoms with Gasteiger partial charge in [0.25, 0.3) is 0 Å². The molecule has 38 heavy (non-hydrogen) atoms. The Morgan fingerprint density at radius 2 is 1.34 bits per heavy atom. The molecule has 0 saturated carbocycles. The van der Waals surface area contributed by atoms with Crippen LogP contribution in [0.4, 0.5) is 14.4 Å². The maximum Gasteiger partial charge on any atom is 0.513 e. The van der Waals surface area contributed by atoms with E-state index in [2.05, 4.69) is 0 Å². The minimum Gasteiger partial charge on any atom is -0.480 e. The Kier molecular flexibility index (Phi) is 12.8. The second-order valence-electron chi connectivity index (χ2n) is 10.1. The van der Waals surface area contributed by atoms with Gasteiger partial charge in [-0.2, -0.15) is 0 Å². The van der Waals surface area contributed by atoms with E-state index in [4.69, 9.17) is 34.2 Å². The first kappa shape index (κ1) is 32.5. The zero-order valence-electron chi connectivity index (χ0n) is 23.0. The van der Waals surface area contributed by atoms with Crippen molar-refractivity contribution in [2.45, 2.75) is 79.1 Å². The van der Waals surface area contributed by atoms with E-state index in [1.807, 2.05) is 27.7 Å². The highest BCUT2D eigenvalue weighted by molar-refractivity contribution is 5.79. The first-order chi connectivity index (χ1) is 17.6. The normalized spacial score (nSPS) is 13.4. The van der Waals surface area contributed by atoms with Crippen molar-refractivity contribution in [3.05, 3.63) is 23.8 Å². The van der Waals surface area contributed by atoms with Gasteiger partial charge in [-0.1, -0.05) is 33.8 Å². The zero-order chi connectivity index (χ0) is 29.0. The van der Waals surface area contributed by atoms with Crippen molar-refractivity contribution >= 4 is 24.4 Å². The highest BCUT2D eigenvalue weighted by atomic mass is 16.7. The predicted octanol–water partition coefficient (Wildman–Crippen LogP) is 4.69. The number of carboxylic acid groups (broad SMARTS) is 1. The van der Waals surface area contributed by atoms with Crippen LogP contribution in [0.2, 0.25) is 0 Å². The van der Waals surface area contributed by atoms with E-state index in [1.165, 1.54) is 25.1 Å². The number of benzene rings is 1. The topological polar surface area (TPSA) is 170 Å². The van der Waals surface area contributed by atoms with Gasteiger partial charge >= 0.3 is 24.4 Å². The van der Waals surface area contributed by atoms with Gasteiger partial charge in [-0.15, -0.1) is 0 Å². The third-order valence-electron chi connectivity index (χ3n) is 4.69. The van der Waals surface area contributed by atoms with Crippen LogP contribution in [-0.2, 0) is 30.2 Å². The van der Waals surface area contributed by atoms with Crippen molar-refractivity contribution < 1.29 is 52.7 Å². The fourth-order valence-electron chi connectivity index (χ4n) is 3.07. The van der Waals surface area contributed by atoms with E-state index in [-0.39, 0.29) is 49.4 Å². The van der Waals surface area contributed by atoms with Crippen LogP contribution in [0.5, 0.6) is 11.5 Å². The van der Waals surface area contributed by atoms with Crippen molar-refractivity contribution in [1.82, 2.24) is 0 Å². The van der Waals surface area contributed by atoms with Crippen LogP contribution in [0.3, 0.4) is 0 Å². The lowest BCUT2D eigenvalue weighted by molar-refractivity contribution is -0.144. The quantitative estimate of drug-likeness (QED) is 0.201. The highest BCUT2D eigenvalue weighted by Crippen LogP contribution is 2.31. The van der Waals surface area contributed by atoms with Crippen molar-refractivity contribution in [3.8, 4) is 11.5 Å². The molecule has 3 N–H and O–H groups in total. The van der Waals surface area contributed by atoms with Crippen LogP contribution in [0, 0.1) is 11.8 Å². The maximum atomic E-state index is 12.2. The molecule has 0 aliphatic rings. The summed E-state index contributed by atoms with van der Waals surface area (Å²) in [6.45, 7) is 12.4. The molecule has 0 radical (unpaired) electrons. The van der Waals surface area contributed by atoms with Crippen molar-refractivity contribution in [1.29, 1.82) is 0 Å². The number of carbonyl (C=O) groups is 4. The summed E-state index contributed by atoms with van der Waals surface area (Å²) < 4.78 is 30.5. The molecule has 0 heterocycles. The van der Waals surface area contributed by atoms with Gasteiger partial charge in [0.2, 0.25) is 0 Å². The van der Waals surface area contributed by atoms with Crippen LogP contribution in [0.15, 0.2) is 18.2 Å². The summed E-state index contributed by atoms with van der Waals surface area (Å²) in [7, 11) is 0. The molecule has 0 bridgehead atoms. The fraction of sp³-hybridized carbons (Fsp3) is 0.615.